The second-order valence-corrected chi connectivity index (χ2v) is 4.93. The zero-order valence-corrected chi connectivity index (χ0v) is 12.0. The van der Waals surface area contributed by atoms with E-state index in [2.05, 4.69) is 0 Å². The van der Waals surface area contributed by atoms with Gasteiger partial charge in [-0.05, 0) is 12.5 Å². The van der Waals surface area contributed by atoms with Crippen molar-refractivity contribution in [3.63, 3.8) is 0 Å². The Morgan fingerprint density at radius 3 is 2.23 bits per heavy atom. The van der Waals surface area contributed by atoms with Crippen LogP contribution in [0.2, 0.25) is 0 Å². The van der Waals surface area contributed by atoms with Crippen LogP contribution in [0.4, 0.5) is 0 Å². The number of hydrogen-bond acceptors (Lipinski definition) is 7. The van der Waals surface area contributed by atoms with Gasteiger partial charge in [-0.3, -0.25) is 9.59 Å². The fourth-order valence-electron chi connectivity index (χ4n) is 1.90. The smallest absolute Gasteiger partial charge is 0.210 e. The van der Waals surface area contributed by atoms with Gasteiger partial charge in [0.15, 0.2) is 11.6 Å². The van der Waals surface area contributed by atoms with Gasteiger partial charge in [0.25, 0.3) is 0 Å². The highest BCUT2D eigenvalue weighted by atomic mass is 16.4. The van der Waals surface area contributed by atoms with Gasteiger partial charge in [-0.25, -0.2) is 0 Å². The third-order valence-corrected chi connectivity index (χ3v) is 3.34. The number of ketones is 2. The van der Waals surface area contributed by atoms with Crippen LogP contribution in [-0.4, -0.2) is 67.6 Å². The van der Waals surface area contributed by atoms with Crippen LogP contribution in [0.25, 0.3) is 0 Å². The number of hydrogen-bond donors (Lipinski definition) is 5. The van der Waals surface area contributed by atoms with Gasteiger partial charge in [-0.1, -0.05) is 30.3 Å². The van der Waals surface area contributed by atoms with Gasteiger partial charge in [0.1, 0.15) is 18.3 Å². The molecular formula is C15H20O7. The molecule has 0 aromatic heterocycles. The Bertz CT molecular complexity index is 550. The molecule has 0 heterocycles. The molecule has 1 unspecified atom stereocenters. The second-order valence-electron chi connectivity index (χ2n) is 4.93. The molecule has 1 aromatic carbocycles. The van der Waals surface area contributed by atoms with Crippen molar-refractivity contribution in [1.29, 1.82) is 0 Å². The van der Waals surface area contributed by atoms with Crippen LogP contribution in [-0.2, 0) is 16.0 Å². The van der Waals surface area contributed by atoms with Crippen molar-refractivity contribution in [1.82, 2.24) is 0 Å². The van der Waals surface area contributed by atoms with Crippen molar-refractivity contribution in [3.8, 4) is 0 Å². The van der Waals surface area contributed by atoms with Crippen LogP contribution >= 0.6 is 0 Å². The molecule has 7 nitrogen and oxygen atoms in total. The van der Waals surface area contributed by atoms with E-state index in [1.165, 1.54) is 12.1 Å². The largest absolute Gasteiger partial charge is 0.394 e. The second kappa shape index (κ2) is 7.57. The number of aliphatic hydroxyl groups is 5. The quantitative estimate of drug-likeness (QED) is 0.357. The lowest BCUT2D eigenvalue weighted by Crippen LogP contribution is -2.62. The summed E-state index contributed by atoms with van der Waals surface area (Å²) in [7, 11) is 0. The van der Waals surface area contributed by atoms with E-state index in [0.29, 0.717) is 0 Å². The summed E-state index contributed by atoms with van der Waals surface area (Å²) in [5, 5.41) is 48.1. The highest BCUT2D eigenvalue weighted by molar-refractivity contribution is 6.10. The van der Waals surface area contributed by atoms with Gasteiger partial charge in [0.2, 0.25) is 5.60 Å². The SMILES string of the molecule is [2H]C(C(=O)[C@](O)(C(C)=O)[C@@H](O)[C@H](O)[C@H](O)CO)c1ccccc1. The standard InChI is InChI=1S/C15H20O7/c1-9(17)15(22,14(21)13(20)11(18)8-16)12(19)7-10-5-3-2-4-6-10/h2-6,11,13-14,16,18,20-22H,7-8H2,1H3/t11-,13-,14+,15-/m1/s1/i7D/t7?,11-,13-,14+,15-. The average Bonchev–Trinajstić information content (AvgIpc) is 2.58. The van der Waals surface area contributed by atoms with E-state index >= 15 is 0 Å². The predicted molar refractivity (Wildman–Crippen MR) is 75.9 cm³/mol. The van der Waals surface area contributed by atoms with Gasteiger partial charge >= 0.3 is 0 Å². The molecule has 1 aromatic rings. The maximum Gasteiger partial charge on any atom is 0.210 e. The van der Waals surface area contributed by atoms with E-state index in [0.717, 1.165) is 6.92 Å². The lowest BCUT2D eigenvalue weighted by molar-refractivity contribution is -0.179. The van der Waals surface area contributed by atoms with Crippen LogP contribution in [0.1, 0.15) is 13.9 Å². The lowest BCUT2D eigenvalue weighted by atomic mass is 9.81. The maximum absolute atomic E-state index is 12.4. The molecule has 0 amide bonds. The third-order valence-electron chi connectivity index (χ3n) is 3.34. The monoisotopic (exact) mass is 313 g/mol. The normalized spacial score (nSPS) is 20.2. The summed E-state index contributed by atoms with van der Waals surface area (Å²) in [6.07, 6.45) is -8.10. The summed E-state index contributed by atoms with van der Waals surface area (Å²) in [6, 6.07) is 7.62. The van der Waals surface area contributed by atoms with E-state index in [4.69, 9.17) is 6.48 Å². The van der Waals surface area contributed by atoms with Gasteiger partial charge < -0.3 is 25.5 Å². The maximum atomic E-state index is 12.4. The minimum Gasteiger partial charge on any atom is -0.394 e. The summed E-state index contributed by atoms with van der Waals surface area (Å²) in [5.74, 6) is -2.53. The number of rotatable bonds is 8. The molecule has 0 radical (unpaired) electrons. The summed E-state index contributed by atoms with van der Waals surface area (Å²) in [5.41, 5.74) is -2.90. The Labute approximate surface area is 128 Å². The Hall–Kier alpha value is -1.64. The molecule has 5 N–H and O–H groups in total. The predicted octanol–water partition coefficient (Wildman–Crippen LogP) is -1.81. The fraction of sp³-hybridized carbons (Fsp3) is 0.467. The molecule has 0 aliphatic rings. The zero-order chi connectivity index (χ0) is 17.8. The first kappa shape index (κ1) is 16.7. The topological polar surface area (TPSA) is 135 Å². The Kier molecular flexibility index (Phi) is 5.76. The van der Waals surface area contributed by atoms with E-state index < -0.39 is 48.5 Å². The van der Waals surface area contributed by atoms with Gasteiger partial charge in [-0.15, -0.1) is 0 Å². The molecular weight excluding hydrogens is 292 g/mol. The van der Waals surface area contributed by atoms with Crippen LogP contribution in [0.15, 0.2) is 30.3 Å². The molecule has 7 heteroatoms. The lowest BCUT2D eigenvalue weighted by Gasteiger charge is -2.33. The molecule has 0 spiro atoms. The van der Waals surface area contributed by atoms with Gasteiger partial charge in [0, 0.05) is 7.77 Å². The van der Waals surface area contributed by atoms with Gasteiger partial charge in [0.05, 0.1) is 6.61 Å². The number of Topliss-reactive ketones (excluding diaryl/α,β-unsaturated/α-hetero) is 2. The third kappa shape index (κ3) is 3.76. The van der Waals surface area contributed by atoms with Crippen molar-refractivity contribution in [2.75, 3.05) is 6.61 Å². The summed E-state index contributed by atoms with van der Waals surface area (Å²) in [6.45, 7) is -0.139. The Balaban J connectivity index is 3.18. The average molecular weight is 313 g/mol. The van der Waals surface area contributed by atoms with Crippen molar-refractivity contribution in [2.24, 2.45) is 0 Å². The van der Waals surface area contributed by atoms with E-state index in [9.17, 15) is 30.0 Å². The molecule has 0 saturated carbocycles. The first-order chi connectivity index (χ1) is 10.7. The number of benzene rings is 1. The minimum atomic E-state index is -3.09. The van der Waals surface area contributed by atoms with Crippen LogP contribution in [0.5, 0.6) is 0 Å². The van der Waals surface area contributed by atoms with Crippen molar-refractivity contribution < 1.29 is 36.5 Å². The number of carbonyl (C=O) groups excluding carboxylic acids is 2. The fourth-order valence-corrected chi connectivity index (χ4v) is 1.90. The highest BCUT2D eigenvalue weighted by Gasteiger charge is 2.51. The van der Waals surface area contributed by atoms with E-state index in [1.807, 2.05) is 0 Å². The van der Waals surface area contributed by atoms with E-state index in [-0.39, 0.29) is 5.56 Å². The molecule has 1 rings (SSSR count). The molecule has 0 saturated heterocycles. The van der Waals surface area contributed by atoms with Crippen molar-refractivity contribution in [2.45, 2.75) is 37.2 Å². The Morgan fingerprint density at radius 2 is 1.77 bits per heavy atom. The van der Waals surface area contributed by atoms with Gasteiger partial charge in [-0.2, -0.15) is 0 Å². The first-order valence-electron chi connectivity index (χ1n) is 7.15. The first-order valence-corrected chi connectivity index (χ1v) is 6.57. The van der Waals surface area contributed by atoms with E-state index in [1.54, 1.807) is 18.2 Å². The zero-order valence-electron chi connectivity index (χ0n) is 13.0. The summed E-state index contributed by atoms with van der Waals surface area (Å²) < 4.78 is 7.89. The molecule has 0 bridgehead atoms. The number of carbonyl (C=O) groups is 2. The molecule has 0 fully saturated rings. The van der Waals surface area contributed by atoms with Crippen molar-refractivity contribution in [3.05, 3.63) is 35.9 Å². The molecule has 122 valence electrons. The Morgan fingerprint density at radius 1 is 1.23 bits per heavy atom. The molecule has 5 atom stereocenters. The van der Waals surface area contributed by atoms with Crippen molar-refractivity contribution >= 4 is 11.6 Å². The van der Waals surface area contributed by atoms with Crippen LogP contribution in [0.3, 0.4) is 0 Å². The molecule has 22 heavy (non-hydrogen) atoms. The summed E-state index contributed by atoms with van der Waals surface area (Å²) >= 11 is 0. The van der Waals surface area contributed by atoms with Crippen LogP contribution < -0.4 is 0 Å². The summed E-state index contributed by atoms with van der Waals surface area (Å²) in [4.78, 5) is 24.1. The van der Waals surface area contributed by atoms with Crippen LogP contribution in [0, 0.1) is 0 Å². The molecule has 0 aliphatic carbocycles. The highest BCUT2D eigenvalue weighted by Crippen LogP contribution is 2.21. The molecule has 0 aliphatic heterocycles. The minimum absolute atomic E-state index is 0.182. The number of aliphatic hydroxyl groups excluding tert-OH is 4.